The Hall–Kier alpha value is -2.15. The molecule has 8 heteroatoms. The van der Waals surface area contributed by atoms with Gasteiger partial charge in [0.05, 0.1) is 11.6 Å². The third-order valence-electron chi connectivity index (χ3n) is 4.26. The van der Waals surface area contributed by atoms with Crippen molar-refractivity contribution in [3.05, 3.63) is 69.1 Å². The van der Waals surface area contributed by atoms with Crippen LogP contribution >= 0.6 is 34.5 Å². The van der Waals surface area contributed by atoms with Crippen molar-refractivity contribution in [1.29, 1.82) is 0 Å². The van der Waals surface area contributed by atoms with Crippen LogP contribution in [0.2, 0.25) is 10.0 Å². The molecule has 0 radical (unpaired) electrons. The second-order valence-electron chi connectivity index (χ2n) is 6.59. The Balaban J connectivity index is 1.40. The maximum absolute atomic E-state index is 12.1. The number of carbonyl (C=O) groups is 1. The molecule has 5 nitrogen and oxygen atoms in total. The van der Waals surface area contributed by atoms with Gasteiger partial charge in [-0.25, -0.2) is 0 Å². The summed E-state index contributed by atoms with van der Waals surface area (Å²) in [4.78, 5) is 12.1. The summed E-state index contributed by atoms with van der Waals surface area (Å²) in [7, 11) is 0. The van der Waals surface area contributed by atoms with E-state index in [-0.39, 0.29) is 5.91 Å². The van der Waals surface area contributed by atoms with Crippen molar-refractivity contribution in [3.63, 3.8) is 0 Å². The highest BCUT2D eigenvalue weighted by atomic mass is 35.5. The second kappa shape index (κ2) is 10.6. The van der Waals surface area contributed by atoms with Gasteiger partial charge in [0.1, 0.15) is 10.8 Å². The molecule has 0 spiro atoms. The number of rotatable bonds is 9. The van der Waals surface area contributed by atoms with Crippen LogP contribution in [0.4, 0.5) is 5.13 Å². The van der Waals surface area contributed by atoms with Crippen molar-refractivity contribution in [1.82, 2.24) is 10.2 Å². The standard InChI is InChI=1S/C21H21Cl2N3O2S/c1-14(15-6-3-2-4-7-15)12-20-25-26-21(29-20)24-19(27)8-5-11-28-18-10-9-16(22)13-17(18)23/h2-4,6-7,9-10,13-14H,5,8,11-12H2,1H3,(H,24,26,27). The van der Waals surface area contributed by atoms with Crippen molar-refractivity contribution in [3.8, 4) is 5.75 Å². The van der Waals surface area contributed by atoms with Crippen LogP contribution in [0.1, 0.15) is 36.3 Å². The summed E-state index contributed by atoms with van der Waals surface area (Å²) < 4.78 is 5.59. The summed E-state index contributed by atoms with van der Waals surface area (Å²) in [6.45, 7) is 2.53. The monoisotopic (exact) mass is 449 g/mol. The zero-order valence-corrected chi connectivity index (χ0v) is 18.2. The number of hydrogen-bond donors (Lipinski definition) is 1. The van der Waals surface area contributed by atoms with E-state index in [1.54, 1.807) is 18.2 Å². The van der Waals surface area contributed by atoms with Crippen LogP contribution < -0.4 is 10.1 Å². The Morgan fingerprint density at radius 3 is 2.72 bits per heavy atom. The fourth-order valence-electron chi connectivity index (χ4n) is 2.74. The molecule has 0 fully saturated rings. The molecule has 3 aromatic rings. The van der Waals surface area contributed by atoms with E-state index in [1.165, 1.54) is 16.9 Å². The Bertz CT molecular complexity index is 950. The second-order valence-corrected chi connectivity index (χ2v) is 8.50. The number of ether oxygens (including phenoxy) is 1. The van der Waals surface area contributed by atoms with Gasteiger partial charge >= 0.3 is 0 Å². The summed E-state index contributed by atoms with van der Waals surface area (Å²) >= 11 is 13.3. The third-order valence-corrected chi connectivity index (χ3v) is 5.65. The van der Waals surface area contributed by atoms with Gasteiger partial charge in [-0.3, -0.25) is 4.79 Å². The van der Waals surface area contributed by atoms with Crippen molar-refractivity contribution in [2.24, 2.45) is 0 Å². The summed E-state index contributed by atoms with van der Waals surface area (Å²) in [5, 5.41) is 13.5. The number of benzene rings is 2. The summed E-state index contributed by atoms with van der Waals surface area (Å²) in [5.41, 5.74) is 1.26. The lowest BCUT2D eigenvalue weighted by Gasteiger charge is -2.08. The summed E-state index contributed by atoms with van der Waals surface area (Å²) in [6.07, 6.45) is 1.66. The predicted molar refractivity (Wildman–Crippen MR) is 118 cm³/mol. The molecule has 1 aromatic heterocycles. The van der Waals surface area contributed by atoms with Crippen LogP contribution in [0.25, 0.3) is 0 Å². The van der Waals surface area contributed by atoms with Gasteiger partial charge in [-0.05, 0) is 36.1 Å². The molecule has 0 aliphatic rings. The number of aromatic nitrogens is 2. The van der Waals surface area contributed by atoms with Crippen LogP contribution in [0.3, 0.4) is 0 Å². The number of hydrogen-bond acceptors (Lipinski definition) is 5. The molecule has 0 bridgehead atoms. The molecular formula is C21H21Cl2N3O2S. The van der Waals surface area contributed by atoms with E-state index in [9.17, 15) is 4.79 Å². The minimum Gasteiger partial charge on any atom is -0.492 e. The average molecular weight is 450 g/mol. The lowest BCUT2D eigenvalue weighted by molar-refractivity contribution is -0.116. The molecular weight excluding hydrogens is 429 g/mol. The van der Waals surface area contributed by atoms with Crippen LogP contribution in [0.5, 0.6) is 5.75 Å². The molecule has 2 aromatic carbocycles. The largest absolute Gasteiger partial charge is 0.492 e. The molecule has 0 aliphatic heterocycles. The highest BCUT2D eigenvalue weighted by Gasteiger charge is 2.12. The number of nitrogens with one attached hydrogen (secondary N) is 1. The van der Waals surface area contributed by atoms with E-state index in [1.807, 2.05) is 18.2 Å². The van der Waals surface area contributed by atoms with Crippen molar-refractivity contribution >= 4 is 45.6 Å². The molecule has 1 atom stereocenters. The first-order valence-corrected chi connectivity index (χ1v) is 10.8. The summed E-state index contributed by atoms with van der Waals surface area (Å²) in [5.74, 6) is 0.775. The van der Waals surface area contributed by atoms with E-state index in [0.29, 0.717) is 46.3 Å². The number of nitrogens with zero attached hydrogens (tertiary/aromatic N) is 2. The maximum Gasteiger partial charge on any atom is 0.226 e. The Labute approximate surface area is 184 Å². The van der Waals surface area contributed by atoms with Gasteiger partial charge in [-0.1, -0.05) is 71.8 Å². The summed E-state index contributed by atoms with van der Waals surface area (Å²) in [6, 6.07) is 15.3. The van der Waals surface area contributed by atoms with Gasteiger partial charge in [-0.15, -0.1) is 10.2 Å². The molecule has 0 aliphatic carbocycles. The van der Waals surface area contributed by atoms with Gasteiger partial charge in [0.2, 0.25) is 11.0 Å². The van der Waals surface area contributed by atoms with Crippen molar-refractivity contribution in [2.45, 2.75) is 32.1 Å². The molecule has 1 heterocycles. The SMILES string of the molecule is CC(Cc1nnc(NC(=O)CCCOc2ccc(Cl)cc2Cl)s1)c1ccccc1. The quantitative estimate of drug-likeness (QED) is 0.407. The molecule has 29 heavy (non-hydrogen) atoms. The van der Waals surface area contributed by atoms with Gasteiger partial charge in [0, 0.05) is 17.9 Å². The Morgan fingerprint density at radius 1 is 1.17 bits per heavy atom. The molecule has 152 valence electrons. The highest BCUT2D eigenvalue weighted by Crippen LogP contribution is 2.28. The van der Waals surface area contributed by atoms with Gasteiger partial charge in [-0.2, -0.15) is 0 Å². The van der Waals surface area contributed by atoms with Crippen molar-refractivity contribution in [2.75, 3.05) is 11.9 Å². The molecule has 1 amide bonds. The topological polar surface area (TPSA) is 64.1 Å². The fourth-order valence-corrected chi connectivity index (χ4v) is 4.08. The van der Waals surface area contributed by atoms with Gasteiger partial charge in [0.25, 0.3) is 0 Å². The Morgan fingerprint density at radius 2 is 1.97 bits per heavy atom. The van der Waals surface area contributed by atoms with E-state index in [2.05, 4.69) is 34.6 Å². The normalized spacial score (nSPS) is 11.8. The first kappa shape index (κ1) is 21.6. The average Bonchev–Trinajstić information content (AvgIpc) is 3.14. The van der Waals surface area contributed by atoms with Crippen LogP contribution in [-0.4, -0.2) is 22.7 Å². The zero-order chi connectivity index (χ0) is 20.6. The first-order chi connectivity index (χ1) is 14.0. The first-order valence-electron chi connectivity index (χ1n) is 9.26. The Kier molecular flexibility index (Phi) is 7.86. The minimum atomic E-state index is -0.116. The molecule has 1 N–H and O–H groups in total. The number of anilines is 1. The van der Waals surface area contributed by atoms with Crippen LogP contribution in [0, 0.1) is 0 Å². The molecule has 1 unspecified atom stereocenters. The lowest BCUT2D eigenvalue weighted by atomic mass is 9.98. The fraction of sp³-hybridized carbons (Fsp3) is 0.286. The lowest BCUT2D eigenvalue weighted by Crippen LogP contribution is -2.12. The molecule has 3 rings (SSSR count). The number of carbonyl (C=O) groups excluding carboxylic acids is 1. The smallest absolute Gasteiger partial charge is 0.226 e. The van der Waals surface area contributed by atoms with E-state index in [0.717, 1.165) is 11.4 Å². The predicted octanol–water partition coefficient (Wildman–Crippen LogP) is 5.99. The molecule has 0 saturated carbocycles. The van der Waals surface area contributed by atoms with E-state index < -0.39 is 0 Å². The minimum absolute atomic E-state index is 0.116. The van der Waals surface area contributed by atoms with Crippen LogP contribution in [-0.2, 0) is 11.2 Å². The highest BCUT2D eigenvalue weighted by molar-refractivity contribution is 7.15. The zero-order valence-electron chi connectivity index (χ0n) is 15.9. The maximum atomic E-state index is 12.1. The van der Waals surface area contributed by atoms with E-state index >= 15 is 0 Å². The molecule has 0 saturated heterocycles. The third kappa shape index (κ3) is 6.70. The van der Waals surface area contributed by atoms with Gasteiger partial charge < -0.3 is 10.1 Å². The number of halogens is 2. The van der Waals surface area contributed by atoms with Crippen LogP contribution in [0.15, 0.2) is 48.5 Å². The van der Waals surface area contributed by atoms with Gasteiger partial charge in [0.15, 0.2) is 0 Å². The number of amides is 1. The van der Waals surface area contributed by atoms with E-state index in [4.69, 9.17) is 27.9 Å². The van der Waals surface area contributed by atoms with Crippen molar-refractivity contribution < 1.29 is 9.53 Å².